The molecule has 0 atom stereocenters. The molecule has 6 heteroatoms. The second-order valence-corrected chi connectivity index (χ2v) is 7.05. The summed E-state index contributed by atoms with van der Waals surface area (Å²) in [6, 6.07) is 22.4. The van der Waals surface area contributed by atoms with Crippen LogP contribution in [0.5, 0.6) is 5.75 Å². The molecule has 1 heterocycles. The number of rotatable bonds is 6. The van der Waals surface area contributed by atoms with Gasteiger partial charge in [0.15, 0.2) is 11.8 Å². The van der Waals surface area contributed by atoms with Crippen LogP contribution in [0, 0.1) is 0 Å². The molecule has 0 fully saturated rings. The van der Waals surface area contributed by atoms with Crippen LogP contribution in [0.4, 0.5) is 11.4 Å². The summed E-state index contributed by atoms with van der Waals surface area (Å²) in [6.45, 7) is 2.46. The molecular formula is C23H22N4OS. The van der Waals surface area contributed by atoms with Crippen molar-refractivity contribution in [3.05, 3.63) is 84.7 Å². The molecule has 0 saturated heterocycles. The molecule has 2 N–H and O–H groups in total. The van der Waals surface area contributed by atoms with Gasteiger partial charge in [0.05, 0.1) is 18.1 Å². The van der Waals surface area contributed by atoms with Crippen molar-refractivity contribution < 1.29 is 4.74 Å². The van der Waals surface area contributed by atoms with E-state index in [0.29, 0.717) is 11.8 Å². The summed E-state index contributed by atoms with van der Waals surface area (Å²) < 4.78 is 7.50. The first kappa shape index (κ1) is 19.0. The lowest BCUT2D eigenvalue weighted by atomic mass is 10.1. The van der Waals surface area contributed by atoms with Crippen molar-refractivity contribution in [3.63, 3.8) is 0 Å². The van der Waals surface area contributed by atoms with Gasteiger partial charge in [0.2, 0.25) is 0 Å². The highest BCUT2D eigenvalue weighted by Crippen LogP contribution is 2.23. The van der Waals surface area contributed by atoms with E-state index in [0.717, 1.165) is 34.3 Å². The summed E-state index contributed by atoms with van der Waals surface area (Å²) in [5, 5.41) is 13.5. The molecule has 0 saturated carbocycles. The third-order valence-electron chi connectivity index (χ3n) is 4.62. The van der Waals surface area contributed by atoms with E-state index in [4.69, 9.17) is 17.0 Å². The van der Waals surface area contributed by atoms with Crippen molar-refractivity contribution in [2.45, 2.75) is 20.1 Å². The summed E-state index contributed by atoms with van der Waals surface area (Å²) in [4.78, 5) is 0. The highest BCUT2D eigenvalue weighted by Gasteiger charge is 2.05. The van der Waals surface area contributed by atoms with Crippen LogP contribution in [0.25, 0.3) is 10.8 Å². The van der Waals surface area contributed by atoms with Gasteiger partial charge >= 0.3 is 0 Å². The molecule has 5 nitrogen and oxygen atoms in total. The summed E-state index contributed by atoms with van der Waals surface area (Å²) >= 11 is 5.46. The van der Waals surface area contributed by atoms with Gasteiger partial charge in [-0.15, -0.1) is 0 Å². The average molecular weight is 403 g/mol. The molecule has 4 rings (SSSR count). The zero-order valence-corrected chi connectivity index (χ0v) is 16.9. The molecule has 1 aromatic heterocycles. The zero-order valence-electron chi connectivity index (χ0n) is 16.1. The largest absolute Gasteiger partial charge is 0.471 e. The molecule has 3 aromatic carbocycles. The minimum absolute atomic E-state index is 0.330. The number of fused-ring (bicyclic) bond motifs is 1. The molecule has 29 heavy (non-hydrogen) atoms. The van der Waals surface area contributed by atoms with Gasteiger partial charge in [0.25, 0.3) is 0 Å². The number of hydrogen-bond acceptors (Lipinski definition) is 3. The molecule has 0 radical (unpaired) electrons. The molecule has 4 aromatic rings. The number of benzene rings is 3. The lowest BCUT2D eigenvalue weighted by Gasteiger charge is -2.11. The average Bonchev–Trinajstić information content (AvgIpc) is 3.20. The number of anilines is 2. The number of aromatic nitrogens is 2. The Balaban J connectivity index is 1.35. The van der Waals surface area contributed by atoms with Gasteiger partial charge in [0, 0.05) is 11.1 Å². The Morgan fingerprint density at radius 2 is 1.79 bits per heavy atom. The Kier molecular flexibility index (Phi) is 5.72. The van der Waals surface area contributed by atoms with Crippen LogP contribution in [-0.4, -0.2) is 14.9 Å². The summed E-state index contributed by atoms with van der Waals surface area (Å²) in [7, 11) is 0. The third kappa shape index (κ3) is 4.73. The maximum atomic E-state index is 5.78. The monoisotopic (exact) mass is 402 g/mol. The number of ether oxygens (including phenoxy) is 1. The third-order valence-corrected chi connectivity index (χ3v) is 4.83. The van der Waals surface area contributed by atoms with Crippen LogP contribution in [0.2, 0.25) is 0 Å². The zero-order chi connectivity index (χ0) is 20.1. The van der Waals surface area contributed by atoms with E-state index in [1.165, 1.54) is 5.56 Å². The minimum atomic E-state index is 0.330. The lowest BCUT2D eigenvalue weighted by Crippen LogP contribution is -2.19. The van der Waals surface area contributed by atoms with E-state index in [2.05, 4.69) is 53.0 Å². The Labute approximate surface area is 175 Å². The number of thiocarbonyl (C=S) groups is 1. The van der Waals surface area contributed by atoms with Gasteiger partial charge in [-0.3, -0.25) is 0 Å². The van der Waals surface area contributed by atoms with Crippen LogP contribution >= 0.6 is 12.2 Å². The van der Waals surface area contributed by atoms with Crippen LogP contribution in [0.3, 0.4) is 0 Å². The highest BCUT2D eigenvalue weighted by molar-refractivity contribution is 7.80. The van der Waals surface area contributed by atoms with Gasteiger partial charge in [0.1, 0.15) is 5.75 Å². The first-order valence-corrected chi connectivity index (χ1v) is 9.92. The van der Waals surface area contributed by atoms with E-state index in [1.54, 1.807) is 10.9 Å². The minimum Gasteiger partial charge on any atom is -0.471 e. The first-order valence-electron chi connectivity index (χ1n) is 9.51. The maximum absolute atomic E-state index is 5.78. The molecule has 0 bridgehead atoms. The topological polar surface area (TPSA) is 51.1 Å². The SMILES string of the molecule is CCc1ccc(OCn2cc(NC(=S)Nc3cccc4ccccc34)cn2)cc1. The Bertz CT molecular complexity index is 1120. The van der Waals surface area contributed by atoms with Crippen molar-refractivity contribution in [1.29, 1.82) is 0 Å². The fraction of sp³-hybridized carbons (Fsp3) is 0.130. The van der Waals surface area contributed by atoms with Gasteiger partial charge in [-0.2, -0.15) is 5.10 Å². The molecular weight excluding hydrogens is 380 g/mol. The normalized spacial score (nSPS) is 10.7. The fourth-order valence-electron chi connectivity index (χ4n) is 3.08. The number of hydrogen-bond donors (Lipinski definition) is 2. The maximum Gasteiger partial charge on any atom is 0.180 e. The van der Waals surface area contributed by atoms with Crippen molar-refractivity contribution in [2.24, 2.45) is 0 Å². The number of nitrogens with one attached hydrogen (secondary N) is 2. The van der Waals surface area contributed by atoms with E-state index >= 15 is 0 Å². The number of nitrogens with zero attached hydrogens (tertiary/aromatic N) is 2. The van der Waals surface area contributed by atoms with Gasteiger partial charge in [-0.1, -0.05) is 55.5 Å². The Morgan fingerprint density at radius 1 is 1.00 bits per heavy atom. The molecule has 0 spiro atoms. The quantitative estimate of drug-likeness (QED) is 0.420. The highest BCUT2D eigenvalue weighted by atomic mass is 32.1. The molecule has 0 aliphatic heterocycles. The first-order chi connectivity index (χ1) is 14.2. The molecule has 0 aliphatic carbocycles. The Hall–Kier alpha value is -3.38. The smallest absolute Gasteiger partial charge is 0.180 e. The standard InChI is InChI=1S/C23H22N4OS/c1-2-17-10-12-20(13-11-17)28-16-27-15-19(14-24-27)25-23(29)26-22-9-5-7-18-6-3-4-8-21(18)22/h3-15H,2,16H2,1H3,(H2,25,26,29). The fourth-order valence-corrected chi connectivity index (χ4v) is 3.31. The molecule has 0 amide bonds. The van der Waals surface area contributed by atoms with Crippen LogP contribution in [0.1, 0.15) is 12.5 Å². The van der Waals surface area contributed by atoms with Crippen LogP contribution in [-0.2, 0) is 13.2 Å². The van der Waals surface area contributed by atoms with Crippen LogP contribution < -0.4 is 15.4 Å². The summed E-state index contributed by atoms with van der Waals surface area (Å²) in [5.74, 6) is 0.820. The lowest BCUT2D eigenvalue weighted by molar-refractivity contribution is 0.221. The van der Waals surface area contributed by atoms with E-state index < -0.39 is 0 Å². The van der Waals surface area contributed by atoms with E-state index in [9.17, 15) is 0 Å². The van der Waals surface area contributed by atoms with E-state index in [1.807, 2.05) is 42.6 Å². The van der Waals surface area contributed by atoms with Crippen molar-refractivity contribution in [3.8, 4) is 5.75 Å². The molecule has 0 unspecified atom stereocenters. The molecule has 146 valence electrons. The van der Waals surface area contributed by atoms with Gasteiger partial charge < -0.3 is 15.4 Å². The summed E-state index contributed by atoms with van der Waals surface area (Å²) in [6.07, 6.45) is 4.60. The summed E-state index contributed by atoms with van der Waals surface area (Å²) in [5.41, 5.74) is 3.05. The van der Waals surface area contributed by atoms with Crippen molar-refractivity contribution in [2.75, 3.05) is 10.6 Å². The second-order valence-electron chi connectivity index (χ2n) is 6.65. The number of aryl methyl sites for hydroxylation is 1. The van der Waals surface area contributed by atoms with Gasteiger partial charge in [-0.25, -0.2) is 4.68 Å². The van der Waals surface area contributed by atoms with Crippen LogP contribution in [0.15, 0.2) is 79.1 Å². The molecule has 0 aliphatic rings. The Morgan fingerprint density at radius 3 is 2.62 bits per heavy atom. The predicted molar refractivity (Wildman–Crippen MR) is 122 cm³/mol. The van der Waals surface area contributed by atoms with E-state index in [-0.39, 0.29) is 0 Å². The predicted octanol–water partition coefficient (Wildman–Crippen LogP) is 5.44. The van der Waals surface area contributed by atoms with Crippen molar-refractivity contribution in [1.82, 2.24) is 9.78 Å². The van der Waals surface area contributed by atoms with Crippen molar-refractivity contribution >= 4 is 39.5 Å². The second kappa shape index (κ2) is 8.75. The van der Waals surface area contributed by atoms with Gasteiger partial charge in [-0.05, 0) is 47.8 Å².